The van der Waals surface area contributed by atoms with E-state index >= 15 is 0 Å². The third-order valence-electron chi connectivity index (χ3n) is 2.84. The Kier molecular flexibility index (Phi) is 3.89. The molecule has 6 nitrogen and oxygen atoms in total. The Labute approximate surface area is 111 Å². The number of amides is 1. The molecule has 0 atom stereocenters. The summed E-state index contributed by atoms with van der Waals surface area (Å²) in [5.74, 6) is -0.411. The van der Waals surface area contributed by atoms with Crippen LogP contribution in [0.5, 0.6) is 0 Å². The van der Waals surface area contributed by atoms with Crippen LogP contribution in [0.1, 0.15) is 19.8 Å². The molecule has 0 fully saturated rings. The van der Waals surface area contributed by atoms with Gasteiger partial charge in [-0.15, -0.1) is 0 Å². The topological polar surface area (TPSA) is 98.4 Å². The summed E-state index contributed by atoms with van der Waals surface area (Å²) in [6.07, 6.45) is 1.94. The average Bonchev–Trinajstić information content (AvgIpc) is 2.79. The number of fused-ring (bicyclic) bond motifs is 1. The van der Waals surface area contributed by atoms with Gasteiger partial charge in [0.2, 0.25) is 5.91 Å². The Bertz CT molecular complexity index is 579. The number of benzene rings is 1. The number of carbonyl (C=O) groups excluding carboxylic acids is 1. The van der Waals surface area contributed by atoms with Crippen molar-refractivity contribution in [2.24, 2.45) is 5.73 Å². The normalized spacial score (nSPS) is 10.8. The largest absolute Gasteiger partial charge is 0.423 e. The molecule has 0 aliphatic carbocycles. The Hall–Kier alpha value is -2.24. The monoisotopic (exact) mass is 262 g/mol. The Morgan fingerprint density at radius 3 is 2.89 bits per heavy atom. The van der Waals surface area contributed by atoms with Crippen molar-refractivity contribution in [3.05, 3.63) is 18.2 Å². The van der Waals surface area contributed by atoms with E-state index in [1.807, 2.05) is 0 Å². The number of carbonyl (C=O) groups is 1. The first-order chi connectivity index (χ1) is 9.11. The Morgan fingerprint density at radius 1 is 1.47 bits per heavy atom. The number of unbranched alkanes of at least 4 members (excludes halogenated alkanes) is 1. The molecule has 102 valence electrons. The molecule has 1 aromatic heterocycles. The molecule has 0 spiro atoms. The van der Waals surface area contributed by atoms with Crippen LogP contribution < -0.4 is 16.4 Å². The highest BCUT2D eigenvalue weighted by Crippen LogP contribution is 2.25. The van der Waals surface area contributed by atoms with Crippen molar-refractivity contribution in [2.75, 3.05) is 23.7 Å². The van der Waals surface area contributed by atoms with E-state index in [9.17, 15) is 4.79 Å². The van der Waals surface area contributed by atoms with Gasteiger partial charge in [0.25, 0.3) is 6.01 Å². The highest BCUT2D eigenvalue weighted by atomic mass is 16.4. The van der Waals surface area contributed by atoms with Crippen molar-refractivity contribution in [1.82, 2.24) is 4.98 Å². The second kappa shape index (κ2) is 5.60. The maximum Gasteiger partial charge on any atom is 0.298 e. The van der Waals surface area contributed by atoms with E-state index in [1.165, 1.54) is 0 Å². The molecule has 6 heteroatoms. The zero-order valence-corrected chi connectivity index (χ0v) is 10.9. The molecule has 1 heterocycles. The van der Waals surface area contributed by atoms with Crippen LogP contribution in [-0.2, 0) is 4.79 Å². The number of hydrogen-bond acceptors (Lipinski definition) is 5. The highest BCUT2D eigenvalue weighted by molar-refractivity contribution is 5.87. The van der Waals surface area contributed by atoms with Crippen molar-refractivity contribution >= 4 is 28.7 Å². The maximum absolute atomic E-state index is 11.1. The molecule has 19 heavy (non-hydrogen) atoms. The van der Waals surface area contributed by atoms with Gasteiger partial charge in [0.05, 0.1) is 5.69 Å². The fourth-order valence-electron chi connectivity index (χ4n) is 1.87. The van der Waals surface area contributed by atoms with Crippen molar-refractivity contribution < 1.29 is 9.21 Å². The second-order valence-electron chi connectivity index (χ2n) is 4.43. The molecule has 0 saturated carbocycles. The average molecular weight is 262 g/mol. The quantitative estimate of drug-likeness (QED) is 0.769. The fraction of sp³-hybridized carbons (Fsp3) is 0.385. The van der Waals surface area contributed by atoms with E-state index < -0.39 is 5.91 Å². The number of nitrogens with two attached hydrogens (primary N) is 2. The van der Waals surface area contributed by atoms with Gasteiger partial charge in [0.15, 0.2) is 5.58 Å². The summed E-state index contributed by atoms with van der Waals surface area (Å²) in [6.45, 7) is 2.84. The number of oxazole rings is 1. The van der Waals surface area contributed by atoms with Crippen LogP contribution >= 0.6 is 0 Å². The van der Waals surface area contributed by atoms with E-state index in [-0.39, 0.29) is 6.54 Å². The van der Waals surface area contributed by atoms with Gasteiger partial charge in [-0.2, -0.15) is 4.98 Å². The van der Waals surface area contributed by atoms with Gasteiger partial charge in [0.1, 0.15) is 12.1 Å². The summed E-state index contributed by atoms with van der Waals surface area (Å²) in [6, 6.07) is 5.75. The van der Waals surface area contributed by atoms with Gasteiger partial charge in [0, 0.05) is 6.54 Å². The lowest BCUT2D eigenvalue weighted by Crippen LogP contribution is -2.34. The molecular formula is C13H18N4O2. The third-order valence-corrected chi connectivity index (χ3v) is 2.84. The number of nitrogen functional groups attached to an aromatic ring is 1. The van der Waals surface area contributed by atoms with Crippen molar-refractivity contribution in [1.29, 1.82) is 0 Å². The summed E-state index contributed by atoms with van der Waals surface area (Å²) in [7, 11) is 0. The van der Waals surface area contributed by atoms with Crippen LogP contribution in [0.2, 0.25) is 0 Å². The van der Waals surface area contributed by atoms with Gasteiger partial charge in [-0.05, 0) is 18.6 Å². The zero-order valence-electron chi connectivity index (χ0n) is 10.9. The lowest BCUT2D eigenvalue weighted by molar-refractivity contribution is -0.116. The molecule has 0 bridgehead atoms. The molecule has 0 aliphatic rings. The van der Waals surface area contributed by atoms with Crippen molar-refractivity contribution in [3.63, 3.8) is 0 Å². The smallest absolute Gasteiger partial charge is 0.298 e. The molecule has 0 radical (unpaired) electrons. The maximum atomic E-state index is 11.1. The number of primary amides is 1. The summed E-state index contributed by atoms with van der Waals surface area (Å²) in [4.78, 5) is 17.2. The minimum absolute atomic E-state index is 0.0900. The van der Waals surface area contributed by atoms with Crippen LogP contribution in [0.15, 0.2) is 22.6 Å². The number of rotatable bonds is 6. The van der Waals surface area contributed by atoms with Gasteiger partial charge in [-0.3, -0.25) is 4.79 Å². The zero-order chi connectivity index (χ0) is 13.8. The number of aromatic nitrogens is 1. The Balaban J connectivity index is 2.32. The van der Waals surface area contributed by atoms with Gasteiger partial charge in [-0.25, -0.2) is 0 Å². The standard InChI is InChI=1S/C13H18N4O2/c1-2-3-7-17(8-11(15)18)13-16-12-9(14)5-4-6-10(12)19-13/h4-6H,2-3,7-8,14H2,1H3,(H2,15,18). The summed E-state index contributed by atoms with van der Waals surface area (Å²) < 4.78 is 5.64. The summed E-state index contributed by atoms with van der Waals surface area (Å²) in [5.41, 5.74) is 12.9. The molecular weight excluding hydrogens is 244 g/mol. The lowest BCUT2D eigenvalue weighted by atomic mass is 10.3. The van der Waals surface area contributed by atoms with Crippen LogP contribution in [0, 0.1) is 0 Å². The lowest BCUT2D eigenvalue weighted by Gasteiger charge is -2.17. The Morgan fingerprint density at radius 2 is 2.26 bits per heavy atom. The molecule has 0 saturated heterocycles. The summed E-state index contributed by atoms with van der Waals surface area (Å²) in [5, 5.41) is 0. The molecule has 1 amide bonds. The van der Waals surface area contributed by atoms with Crippen molar-refractivity contribution in [2.45, 2.75) is 19.8 Å². The van der Waals surface area contributed by atoms with E-state index in [0.717, 1.165) is 12.8 Å². The predicted molar refractivity (Wildman–Crippen MR) is 74.7 cm³/mol. The molecule has 2 rings (SSSR count). The molecule has 0 aliphatic heterocycles. The molecule has 2 aromatic rings. The first kappa shape index (κ1) is 13.2. The fourth-order valence-corrected chi connectivity index (χ4v) is 1.87. The predicted octanol–water partition coefficient (Wildman–Crippen LogP) is 1.50. The van der Waals surface area contributed by atoms with E-state index in [2.05, 4.69) is 11.9 Å². The van der Waals surface area contributed by atoms with Gasteiger partial charge < -0.3 is 20.8 Å². The SMILES string of the molecule is CCCCN(CC(N)=O)c1nc2c(N)cccc2o1. The number of para-hydroxylation sites is 1. The third kappa shape index (κ3) is 2.96. The summed E-state index contributed by atoms with van der Waals surface area (Å²) >= 11 is 0. The minimum Gasteiger partial charge on any atom is -0.423 e. The number of anilines is 2. The van der Waals surface area contributed by atoms with Crippen LogP contribution in [0.25, 0.3) is 11.1 Å². The van der Waals surface area contributed by atoms with Crippen LogP contribution in [0.4, 0.5) is 11.7 Å². The first-order valence-corrected chi connectivity index (χ1v) is 6.30. The molecule has 0 unspecified atom stereocenters. The van der Waals surface area contributed by atoms with Gasteiger partial charge in [-0.1, -0.05) is 19.4 Å². The minimum atomic E-state index is -0.411. The highest BCUT2D eigenvalue weighted by Gasteiger charge is 2.16. The van der Waals surface area contributed by atoms with E-state index in [1.54, 1.807) is 23.1 Å². The van der Waals surface area contributed by atoms with E-state index in [4.69, 9.17) is 15.9 Å². The second-order valence-corrected chi connectivity index (χ2v) is 4.43. The van der Waals surface area contributed by atoms with Crippen LogP contribution in [0.3, 0.4) is 0 Å². The first-order valence-electron chi connectivity index (χ1n) is 6.30. The number of nitrogens with zero attached hydrogens (tertiary/aromatic N) is 2. The molecule has 1 aromatic carbocycles. The van der Waals surface area contributed by atoms with Gasteiger partial charge >= 0.3 is 0 Å². The van der Waals surface area contributed by atoms with Crippen molar-refractivity contribution in [3.8, 4) is 0 Å². The number of hydrogen-bond donors (Lipinski definition) is 2. The van der Waals surface area contributed by atoms with Crippen LogP contribution in [-0.4, -0.2) is 24.0 Å². The molecule has 4 N–H and O–H groups in total. The van der Waals surface area contributed by atoms with E-state index in [0.29, 0.717) is 29.3 Å².